The highest BCUT2D eigenvalue weighted by Gasteiger charge is 2.50. The maximum Gasteiger partial charge on any atom is 0.431 e. The molecule has 5 rings (SSSR count). The summed E-state index contributed by atoms with van der Waals surface area (Å²) in [5, 5.41) is 5.05. The summed E-state index contributed by atoms with van der Waals surface area (Å²) in [4.78, 5) is 15.5. The van der Waals surface area contributed by atoms with Crippen molar-refractivity contribution in [1.29, 1.82) is 0 Å². The molecule has 1 amide bonds. The molecule has 0 saturated carbocycles. The van der Waals surface area contributed by atoms with Gasteiger partial charge in [0.15, 0.2) is 0 Å². The minimum atomic E-state index is -4.50. The lowest BCUT2D eigenvalue weighted by Crippen LogP contribution is -2.67. The van der Waals surface area contributed by atoms with E-state index < -0.39 is 11.9 Å². The molecule has 2 aromatic rings. The summed E-state index contributed by atoms with van der Waals surface area (Å²) in [6.07, 6.45) is 1.26. The standard InChI is InChI=1S/C21H21F3N4O3/c1-30-17-7-15-14(6-16(17)28-5-3-2-4-18(28)21(22,23)24)8-27(25-15)9-19(29)26-10-20(11-26)12-31-13-20/h2-4,6-8H,5,9-13H2,1H3. The van der Waals surface area contributed by atoms with Crippen molar-refractivity contribution < 1.29 is 27.4 Å². The third-order valence-electron chi connectivity index (χ3n) is 5.92. The molecule has 2 fully saturated rings. The molecule has 0 bridgehead atoms. The number of rotatable bonds is 4. The van der Waals surface area contributed by atoms with Crippen LogP contribution in [0.3, 0.4) is 0 Å². The van der Waals surface area contributed by atoms with Crippen LogP contribution >= 0.6 is 0 Å². The van der Waals surface area contributed by atoms with Gasteiger partial charge in [-0.3, -0.25) is 9.48 Å². The lowest BCUT2D eigenvalue weighted by molar-refractivity contribution is -0.195. The number of anilines is 1. The predicted octanol–water partition coefficient (Wildman–Crippen LogP) is 2.73. The first-order valence-corrected chi connectivity index (χ1v) is 9.90. The zero-order valence-electron chi connectivity index (χ0n) is 16.9. The van der Waals surface area contributed by atoms with Gasteiger partial charge in [-0.15, -0.1) is 0 Å². The van der Waals surface area contributed by atoms with E-state index in [1.54, 1.807) is 29.3 Å². The van der Waals surface area contributed by atoms with Gasteiger partial charge in [0.2, 0.25) is 5.91 Å². The SMILES string of the molecule is COc1cc2nn(CC(=O)N3CC4(COC4)C3)cc2cc1N1CC=CC=C1C(F)(F)F. The van der Waals surface area contributed by atoms with Gasteiger partial charge in [-0.05, 0) is 12.1 Å². The molecule has 4 heterocycles. The average Bonchev–Trinajstić information content (AvgIpc) is 3.05. The third kappa shape index (κ3) is 3.44. The predicted molar refractivity (Wildman–Crippen MR) is 107 cm³/mol. The summed E-state index contributed by atoms with van der Waals surface area (Å²) in [5.41, 5.74) is 0.218. The van der Waals surface area contributed by atoms with Gasteiger partial charge in [0.1, 0.15) is 18.0 Å². The van der Waals surface area contributed by atoms with Crippen LogP contribution in [0.2, 0.25) is 0 Å². The Morgan fingerprint density at radius 1 is 1.29 bits per heavy atom. The molecule has 1 aromatic heterocycles. The molecule has 0 aliphatic carbocycles. The Bertz CT molecular complexity index is 1090. The second-order valence-corrected chi connectivity index (χ2v) is 8.24. The molecule has 1 aromatic carbocycles. The highest BCUT2D eigenvalue weighted by Crippen LogP contribution is 2.40. The van der Waals surface area contributed by atoms with E-state index in [2.05, 4.69) is 5.10 Å². The van der Waals surface area contributed by atoms with Crippen molar-refractivity contribution in [2.75, 3.05) is 44.9 Å². The number of carbonyl (C=O) groups is 1. The molecule has 0 radical (unpaired) electrons. The molecule has 2 saturated heterocycles. The number of hydrogen-bond donors (Lipinski definition) is 0. The maximum absolute atomic E-state index is 13.5. The number of methoxy groups -OCH3 is 1. The van der Waals surface area contributed by atoms with Crippen LogP contribution in [0.5, 0.6) is 5.75 Å². The van der Waals surface area contributed by atoms with Crippen molar-refractivity contribution in [3.63, 3.8) is 0 Å². The van der Waals surface area contributed by atoms with Crippen molar-refractivity contribution in [1.82, 2.24) is 14.7 Å². The lowest BCUT2D eigenvalue weighted by Gasteiger charge is -2.54. The second kappa shape index (κ2) is 7.01. The third-order valence-corrected chi connectivity index (χ3v) is 5.92. The largest absolute Gasteiger partial charge is 0.494 e. The Labute approximate surface area is 176 Å². The number of benzene rings is 1. The van der Waals surface area contributed by atoms with Gasteiger partial charge in [0.25, 0.3) is 0 Å². The number of alkyl halides is 3. The van der Waals surface area contributed by atoms with E-state index in [0.29, 0.717) is 42.9 Å². The molecule has 0 atom stereocenters. The second-order valence-electron chi connectivity index (χ2n) is 8.24. The van der Waals surface area contributed by atoms with Crippen LogP contribution in [0, 0.1) is 5.41 Å². The summed E-state index contributed by atoms with van der Waals surface area (Å²) in [5.74, 6) is 0.241. The lowest BCUT2D eigenvalue weighted by atomic mass is 9.78. The smallest absolute Gasteiger partial charge is 0.431 e. The van der Waals surface area contributed by atoms with Gasteiger partial charge in [-0.1, -0.05) is 12.2 Å². The van der Waals surface area contributed by atoms with Crippen LogP contribution in [0.1, 0.15) is 0 Å². The van der Waals surface area contributed by atoms with E-state index in [4.69, 9.17) is 9.47 Å². The summed E-state index contributed by atoms with van der Waals surface area (Å²) in [7, 11) is 1.41. The normalized spacial score (nSPS) is 19.9. The fourth-order valence-electron chi connectivity index (χ4n) is 4.29. The van der Waals surface area contributed by atoms with E-state index in [0.717, 1.165) is 6.08 Å². The van der Waals surface area contributed by atoms with Gasteiger partial charge in [-0.25, -0.2) is 0 Å². The van der Waals surface area contributed by atoms with Crippen LogP contribution in [-0.2, 0) is 16.1 Å². The molecule has 7 nitrogen and oxygen atoms in total. The minimum absolute atomic E-state index is 0.0408. The van der Waals surface area contributed by atoms with E-state index in [1.807, 2.05) is 0 Å². The van der Waals surface area contributed by atoms with Crippen LogP contribution < -0.4 is 9.64 Å². The summed E-state index contributed by atoms with van der Waals surface area (Å²) in [6, 6.07) is 3.22. The first-order valence-electron chi connectivity index (χ1n) is 9.90. The number of likely N-dealkylation sites (tertiary alicyclic amines) is 1. The minimum Gasteiger partial charge on any atom is -0.494 e. The summed E-state index contributed by atoms with van der Waals surface area (Å²) < 4.78 is 52.7. The molecule has 3 aliphatic heterocycles. The Kier molecular flexibility index (Phi) is 4.51. The van der Waals surface area contributed by atoms with Gasteiger partial charge in [0, 0.05) is 37.3 Å². The quantitative estimate of drug-likeness (QED) is 0.741. The topological polar surface area (TPSA) is 59.8 Å². The molecule has 1 spiro atoms. The van der Waals surface area contributed by atoms with Gasteiger partial charge < -0.3 is 19.3 Å². The van der Waals surface area contributed by atoms with E-state index in [9.17, 15) is 18.0 Å². The Balaban J connectivity index is 1.40. The first-order chi connectivity index (χ1) is 14.8. The number of amides is 1. The van der Waals surface area contributed by atoms with E-state index >= 15 is 0 Å². The van der Waals surface area contributed by atoms with Crippen molar-refractivity contribution in [2.24, 2.45) is 5.41 Å². The Morgan fingerprint density at radius 2 is 2.06 bits per heavy atom. The number of carbonyl (C=O) groups excluding carboxylic acids is 1. The molecule has 10 heteroatoms. The maximum atomic E-state index is 13.5. The van der Waals surface area contributed by atoms with Gasteiger partial charge in [-0.2, -0.15) is 18.3 Å². The van der Waals surface area contributed by atoms with E-state index in [1.165, 1.54) is 22.8 Å². The Morgan fingerprint density at radius 3 is 2.71 bits per heavy atom. The van der Waals surface area contributed by atoms with Crippen molar-refractivity contribution in [3.8, 4) is 5.75 Å². The molecular formula is C21H21F3N4O3. The highest BCUT2D eigenvalue weighted by atomic mass is 19.4. The number of halogens is 3. The fourth-order valence-corrected chi connectivity index (χ4v) is 4.29. The van der Waals surface area contributed by atoms with Crippen LogP contribution in [0.25, 0.3) is 10.9 Å². The zero-order chi connectivity index (χ0) is 21.8. The molecule has 164 valence electrons. The van der Waals surface area contributed by atoms with Crippen molar-refractivity contribution in [2.45, 2.75) is 12.7 Å². The monoisotopic (exact) mass is 434 g/mol. The number of ether oxygens (including phenoxy) is 2. The molecule has 3 aliphatic rings. The number of nitrogens with zero attached hydrogens (tertiary/aromatic N) is 4. The molecular weight excluding hydrogens is 413 g/mol. The molecule has 31 heavy (non-hydrogen) atoms. The summed E-state index contributed by atoms with van der Waals surface area (Å²) in [6.45, 7) is 2.93. The summed E-state index contributed by atoms with van der Waals surface area (Å²) >= 11 is 0. The van der Waals surface area contributed by atoms with Crippen molar-refractivity contribution >= 4 is 22.5 Å². The zero-order valence-corrected chi connectivity index (χ0v) is 16.9. The molecule has 0 unspecified atom stereocenters. The van der Waals surface area contributed by atoms with Crippen LogP contribution in [0.15, 0.2) is 42.3 Å². The number of fused-ring (bicyclic) bond motifs is 1. The van der Waals surface area contributed by atoms with Gasteiger partial charge in [0.05, 0.1) is 36.9 Å². The molecule has 0 N–H and O–H groups in total. The first kappa shape index (κ1) is 19.9. The number of hydrogen-bond acceptors (Lipinski definition) is 5. The Hall–Kier alpha value is -3.01. The van der Waals surface area contributed by atoms with Crippen molar-refractivity contribution in [3.05, 3.63) is 42.3 Å². The van der Waals surface area contributed by atoms with Crippen LogP contribution in [0.4, 0.5) is 18.9 Å². The van der Waals surface area contributed by atoms with Crippen LogP contribution in [-0.4, -0.2) is 66.7 Å². The number of allylic oxidation sites excluding steroid dienone is 3. The average molecular weight is 434 g/mol. The fraction of sp³-hybridized carbons (Fsp3) is 0.429. The number of aromatic nitrogens is 2. The highest BCUT2D eigenvalue weighted by molar-refractivity contribution is 5.87. The van der Waals surface area contributed by atoms with E-state index in [-0.39, 0.29) is 30.2 Å². The van der Waals surface area contributed by atoms with Gasteiger partial charge >= 0.3 is 6.18 Å².